The number of benzene rings is 1. The van der Waals surface area contributed by atoms with Crippen LogP contribution in [0.25, 0.3) is 0 Å². The van der Waals surface area contributed by atoms with Gasteiger partial charge in [0, 0.05) is 17.1 Å². The number of carbonyl (C=O) groups is 1. The highest BCUT2D eigenvalue weighted by Crippen LogP contribution is 2.22. The predicted molar refractivity (Wildman–Crippen MR) is 75.3 cm³/mol. The number of nitrogens with zero attached hydrogens (tertiary/aromatic N) is 1. The number of amides is 1. The van der Waals surface area contributed by atoms with Crippen LogP contribution in [0.4, 0.5) is 5.69 Å². The summed E-state index contributed by atoms with van der Waals surface area (Å²) in [6, 6.07) is 5.01. The van der Waals surface area contributed by atoms with E-state index in [-0.39, 0.29) is 5.91 Å². The number of nitrogens with two attached hydrogens (primary N) is 1. The van der Waals surface area contributed by atoms with Crippen LogP contribution in [0, 0.1) is 0 Å². The maximum atomic E-state index is 11.9. The van der Waals surface area contributed by atoms with E-state index in [4.69, 9.17) is 10.5 Å². The Morgan fingerprint density at radius 3 is 3.00 bits per heavy atom. The molecule has 0 saturated carbocycles. The second-order valence-electron chi connectivity index (χ2n) is 3.79. The molecule has 0 aliphatic rings. The Morgan fingerprint density at radius 2 is 2.37 bits per heavy atom. The molecule has 5 nitrogen and oxygen atoms in total. The first-order chi connectivity index (χ1) is 9.20. The molecule has 1 amide bonds. The molecule has 1 aromatic heterocycles. The molecule has 0 spiro atoms. The Hall–Kier alpha value is -2.08. The Balaban J connectivity index is 2.01. The van der Waals surface area contributed by atoms with E-state index in [1.807, 2.05) is 12.3 Å². The van der Waals surface area contributed by atoms with Crippen molar-refractivity contribution >= 4 is 22.9 Å². The summed E-state index contributed by atoms with van der Waals surface area (Å²) in [6.45, 7) is 2.84. The van der Waals surface area contributed by atoms with Crippen molar-refractivity contribution in [3.8, 4) is 5.75 Å². The molecule has 0 atom stereocenters. The predicted octanol–water partition coefficient (Wildman–Crippen LogP) is 2.05. The third-order valence-corrected chi connectivity index (χ3v) is 3.24. The molecule has 2 rings (SSSR count). The molecule has 1 aromatic carbocycles. The smallest absolute Gasteiger partial charge is 0.251 e. The average molecular weight is 277 g/mol. The lowest BCUT2D eigenvalue weighted by Crippen LogP contribution is -2.22. The van der Waals surface area contributed by atoms with Gasteiger partial charge >= 0.3 is 0 Å². The number of hydrogen-bond acceptors (Lipinski definition) is 5. The van der Waals surface area contributed by atoms with Crippen LogP contribution in [0.5, 0.6) is 5.75 Å². The zero-order chi connectivity index (χ0) is 13.7. The van der Waals surface area contributed by atoms with Gasteiger partial charge in [-0.25, -0.2) is 4.98 Å². The highest BCUT2D eigenvalue weighted by atomic mass is 32.1. The van der Waals surface area contributed by atoms with E-state index in [0.717, 1.165) is 5.01 Å². The standard InChI is InChI=1S/C13H15N3O2S/c1-2-18-11-4-3-9(7-10(11)14)13(17)16-8-12-15-5-6-19-12/h3-7H,2,8,14H2,1H3,(H,16,17). The first kappa shape index (κ1) is 13.4. The van der Waals surface area contributed by atoms with Gasteiger partial charge in [0.2, 0.25) is 0 Å². The van der Waals surface area contributed by atoms with Gasteiger partial charge in [0.25, 0.3) is 5.91 Å². The van der Waals surface area contributed by atoms with Crippen LogP contribution in [0.1, 0.15) is 22.3 Å². The monoisotopic (exact) mass is 277 g/mol. The zero-order valence-corrected chi connectivity index (χ0v) is 11.4. The molecule has 0 bridgehead atoms. The van der Waals surface area contributed by atoms with Crippen molar-refractivity contribution in [3.05, 3.63) is 40.3 Å². The van der Waals surface area contributed by atoms with Gasteiger partial charge in [0.1, 0.15) is 10.8 Å². The fourth-order valence-corrected chi connectivity index (χ4v) is 2.13. The summed E-state index contributed by atoms with van der Waals surface area (Å²) in [5.41, 5.74) is 6.79. The van der Waals surface area contributed by atoms with Crippen LogP contribution in [0.3, 0.4) is 0 Å². The highest BCUT2D eigenvalue weighted by molar-refractivity contribution is 7.09. The van der Waals surface area contributed by atoms with Crippen LogP contribution >= 0.6 is 11.3 Å². The number of anilines is 1. The molecule has 1 heterocycles. The van der Waals surface area contributed by atoms with E-state index in [0.29, 0.717) is 30.2 Å². The van der Waals surface area contributed by atoms with E-state index < -0.39 is 0 Å². The second kappa shape index (κ2) is 6.19. The molecule has 19 heavy (non-hydrogen) atoms. The lowest BCUT2D eigenvalue weighted by atomic mass is 10.2. The number of ether oxygens (including phenoxy) is 1. The molecule has 0 aliphatic heterocycles. The highest BCUT2D eigenvalue weighted by Gasteiger charge is 2.09. The Bertz CT molecular complexity index is 555. The van der Waals surface area contributed by atoms with E-state index in [2.05, 4.69) is 10.3 Å². The zero-order valence-electron chi connectivity index (χ0n) is 10.6. The summed E-state index contributed by atoms with van der Waals surface area (Å²) in [7, 11) is 0. The lowest BCUT2D eigenvalue weighted by Gasteiger charge is -2.08. The van der Waals surface area contributed by atoms with E-state index in [1.165, 1.54) is 11.3 Å². The van der Waals surface area contributed by atoms with Crippen LogP contribution in [-0.4, -0.2) is 17.5 Å². The maximum Gasteiger partial charge on any atom is 0.251 e. The Kier molecular flexibility index (Phi) is 4.35. The topological polar surface area (TPSA) is 77.2 Å². The van der Waals surface area contributed by atoms with Gasteiger partial charge in [-0.05, 0) is 25.1 Å². The van der Waals surface area contributed by atoms with Crippen molar-refractivity contribution < 1.29 is 9.53 Å². The molecule has 2 aromatic rings. The first-order valence-electron chi connectivity index (χ1n) is 5.89. The van der Waals surface area contributed by atoms with Crippen molar-refractivity contribution in [2.45, 2.75) is 13.5 Å². The normalized spacial score (nSPS) is 10.2. The summed E-state index contributed by atoms with van der Waals surface area (Å²) in [6.07, 6.45) is 1.71. The minimum absolute atomic E-state index is 0.176. The summed E-state index contributed by atoms with van der Waals surface area (Å²) >= 11 is 1.50. The molecular formula is C13H15N3O2S. The van der Waals surface area contributed by atoms with Gasteiger partial charge in [-0.2, -0.15) is 0 Å². The molecule has 0 fully saturated rings. The molecule has 0 saturated heterocycles. The average Bonchev–Trinajstić information content (AvgIpc) is 2.91. The van der Waals surface area contributed by atoms with Crippen molar-refractivity contribution in [1.29, 1.82) is 0 Å². The molecule has 0 unspecified atom stereocenters. The number of nitrogens with one attached hydrogen (secondary N) is 1. The van der Waals surface area contributed by atoms with E-state index in [1.54, 1.807) is 24.4 Å². The van der Waals surface area contributed by atoms with Gasteiger partial charge < -0.3 is 15.8 Å². The minimum atomic E-state index is -0.176. The van der Waals surface area contributed by atoms with Crippen LogP contribution in [0.2, 0.25) is 0 Å². The molecule has 3 N–H and O–H groups in total. The molecule has 0 aliphatic carbocycles. The summed E-state index contributed by atoms with van der Waals surface area (Å²) in [4.78, 5) is 16.0. The molecular weight excluding hydrogens is 262 g/mol. The summed E-state index contributed by atoms with van der Waals surface area (Å²) < 4.78 is 5.33. The van der Waals surface area contributed by atoms with Gasteiger partial charge in [0.15, 0.2) is 0 Å². The lowest BCUT2D eigenvalue weighted by molar-refractivity contribution is 0.0951. The van der Waals surface area contributed by atoms with Gasteiger partial charge in [0.05, 0.1) is 18.8 Å². The SMILES string of the molecule is CCOc1ccc(C(=O)NCc2nccs2)cc1N. The number of nitrogen functional groups attached to an aromatic ring is 1. The van der Waals surface area contributed by atoms with Gasteiger partial charge in [-0.3, -0.25) is 4.79 Å². The largest absolute Gasteiger partial charge is 0.492 e. The third kappa shape index (κ3) is 3.45. The van der Waals surface area contributed by atoms with Gasteiger partial charge in [-0.15, -0.1) is 11.3 Å². The number of thiazole rings is 1. The first-order valence-corrected chi connectivity index (χ1v) is 6.77. The van der Waals surface area contributed by atoms with Crippen LogP contribution in [-0.2, 0) is 6.54 Å². The second-order valence-corrected chi connectivity index (χ2v) is 4.77. The quantitative estimate of drug-likeness (QED) is 0.820. The number of hydrogen-bond donors (Lipinski definition) is 2. The van der Waals surface area contributed by atoms with Crippen molar-refractivity contribution in [3.63, 3.8) is 0 Å². The third-order valence-electron chi connectivity index (χ3n) is 2.46. The van der Waals surface area contributed by atoms with Crippen molar-refractivity contribution in [1.82, 2.24) is 10.3 Å². The number of carbonyl (C=O) groups excluding carboxylic acids is 1. The van der Waals surface area contributed by atoms with Crippen LogP contribution < -0.4 is 15.8 Å². The molecule has 6 heteroatoms. The summed E-state index contributed by atoms with van der Waals surface area (Å²) in [5, 5.41) is 5.53. The summed E-state index contributed by atoms with van der Waals surface area (Å²) in [5.74, 6) is 0.420. The minimum Gasteiger partial charge on any atom is -0.492 e. The fraction of sp³-hybridized carbons (Fsp3) is 0.231. The Labute approximate surface area is 115 Å². The van der Waals surface area contributed by atoms with E-state index >= 15 is 0 Å². The van der Waals surface area contributed by atoms with Crippen LogP contribution in [0.15, 0.2) is 29.8 Å². The van der Waals surface area contributed by atoms with Gasteiger partial charge in [-0.1, -0.05) is 0 Å². The molecule has 100 valence electrons. The Morgan fingerprint density at radius 1 is 1.53 bits per heavy atom. The van der Waals surface area contributed by atoms with Crippen molar-refractivity contribution in [2.75, 3.05) is 12.3 Å². The maximum absolute atomic E-state index is 11.9. The fourth-order valence-electron chi connectivity index (χ4n) is 1.57. The molecule has 0 radical (unpaired) electrons. The number of aromatic nitrogens is 1. The number of rotatable bonds is 5. The van der Waals surface area contributed by atoms with E-state index in [9.17, 15) is 4.79 Å². The van der Waals surface area contributed by atoms with Crippen molar-refractivity contribution in [2.24, 2.45) is 0 Å².